The number of hydrogen-bond donors (Lipinski definition) is 1. The number of hydrogen-bond acceptors (Lipinski definition) is 4. The number of nitrogens with zero attached hydrogens (tertiary/aromatic N) is 2. The minimum Gasteiger partial charge on any atom is -0.352 e. The van der Waals surface area contributed by atoms with Crippen molar-refractivity contribution in [3.8, 4) is 0 Å². The number of sulfonamides is 1. The molecule has 1 N–H and O–H groups in total. The highest BCUT2D eigenvalue weighted by molar-refractivity contribution is 7.92. The zero-order valence-corrected chi connectivity index (χ0v) is 23.0. The smallest absolute Gasteiger partial charge is 0.244 e. The minimum atomic E-state index is -3.89. The van der Waals surface area contributed by atoms with Crippen molar-refractivity contribution >= 4 is 39.1 Å². The maximum absolute atomic E-state index is 13.9. The predicted molar refractivity (Wildman–Crippen MR) is 148 cm³/mol. The van der Waals surface area contributed by atoms with E-state index in [2.05, 4.69) is 5.32 Å². The molecular formula is C28H31ClFN3O4S. The van der Waals surface area contributed by atoms with Crippen molar-refractivity contribution in [2.24, 2.45) is 0 Å². The number of carbonyl (C=O) groups is 2. The molecule has 0 radical (unpaired) electrons. The van der Waals surface area contributed by atoms with E-state index in [-0.39, 0.29) is 30.6 Å². The van der Waals surface area contributed by atoms with Crippen LogP contribution in [-0.4, -0.2) is 50.0 Å². The van der Waals surface area contributed by atoms with Crippen LogP contribution in [0.1, 0.15) is 25.0 Å². The Balaban J connectivity index is 2.05. The standard InChI is InChI=1S/C28H31ClFN3O4S/c1-20(2)31-28(35)26(16-21-8-5-4-6-9-21)32(18-22-12-14-24(30)15-13-22)27(34)19-33(38(3,36)37)25-11-7-10-23(29)17-25/h4-15,17,20,26H,16,18-19H2,1-3H3,(H,31,35). The molecule has 38 heavy (non-hydrogen) atoms. The predicted octanol–water partition coefficient (Wildman–Crippen LogP) is 4.41. The van der Waals surface area contributed by atoms with Gasteiger partial charge in [0.05, 0.1) is 11.9 Å². The van der Waals surface area contributed by atoms with E-state index in [1.165, 1.54) is 41.3 Å². The Bertz CT molecular complexity index is 1350. The van der Waals surface area contributed by atoms with Crippen molar-refractivity contribution in [3.05, 3.63) is 101 Å². The van der Waals surface area contributed by atoms with Gasteiger partial charge in [-0.2, -0.15) is 0 Å². The quantitative estimate of drug-likeness (QED) is 0.377. The number of amides is 2. The van der Waals surface area contributed by atoms with Crippen LogP contribution in [0.15, 0.2) is 78.9 Å². The molecule has 3 rings (SSSR count). The number of anilines is 1. The molecule has 1 unspecified atom stereocenters. The molecule has 0 aliphatic heterocycles. The van der Waals surface area contributed by atoms with Gasteiger partial charge in [0, 0.05) is 24.0 Å². The maximum Gasteiger partial charge on any atom is 0.244 e. The first kappa shape index (κ1) is 29.1. The molecule has 0 aliphatic rings. The summed E-state index contributed by atoms with van der Waals surface area (Å²) in [6, 6.07) is 19.9. The molecule has 2 amide bonds. The zero-order chi connectivity index (χ0) is 27.9. The van der Waals surface area contributed by atoms with E-state index < -0.39 is 34.3 Å². The van der Waals surface area contributed by atoms with Gasteiger partial charge in [-0.05, 0) is 55.3 Å². The van der Waals surface area contributed by atoms with Gasteiger partial charge < -0.3 is 10.2 Å². The molecule has 0 saturated heterocycles. The molecule has 202 valence electrons. The Labute approximate surface area is 228 Å². The fraction of sp³-hybridized carbons (Fsp3) is 0.286. The lowest BCUT2D eigenvalue weighted by atomic mass is 10.0. The summed E-state index contributed by atoms with van der Waals surface area (Å²) in [7, 11) is -3.89. The first-order valence-electron chi connectivity index (χ1n) is 12.1. The summed E-state index contributed by atoms with van der Waals surface area (Å²) < 4.78 is 40.0. The second-order valence-corrected chi connectivity index (χ2v) is 11.6. The van der Waals surface area contributed by atoms with E-state index in [1.54, 1.807) is 12.1 Å². The fourth-order valence-corrected chi connectivity index (χ4v) is 4.99. The summed E-state index contributed by atoms with van der Waals surface area (Å²) in [6.45, 7) is 3.04. The highest BCUT2D eigenvalue weighted by Gasteiger charge is 2.33. The molecular weight excluding hydrogens is 529 g/mol. The van der Waals surface area contributed by atoms with E-state index in [1.807, 2.05) is 44.2 Å². The largest absolute Gasteiger partial charge is 0.352 e. The van der Waals surface area contributed by atoms with Gasteiger partial charge in [-0.1, -0.05) is 60.1 Å². The third kappa shape index (κ3) is 8.29. The average Bonchev–Trinajstić information content (AvgIpc) is 2.85. The number of halogens is 2. The van der Waals surface area contributed by atoms with Crippen LogP contribution in [-0.2, 0) is 32.6 Å². The zero-order valence-electron chi connectivity index (χ0n) is 21.5. The van der Waals surface area contributed by atoms with Crippen LogP contribution in [0.2, 0.25) is 5.02 Å². The normalized spacial score (nSPS) is 12.2. The van der Waals surface area contributed by atoms with Gasteiger partial charge in [0.1, 0.15) is 18.4 Å². The van der Waals surface area contributed by atoms with E-state index >= 15 is 0 Å². The number of rotatable bonds is 11. The van der Waals surface area contributed by atoms with Gasteiger partial charge in [-0.3, -0.25) is 13.9 Å². The van der Waals surface area contributed by atoms with Crippen molar-refractivity contribution in [3.63, 3.8) is 0 Å². The first-order valence-corrected chi connectivity index (χ1v) is 14.3. The molecule has 0 aromatic heterocycles. The average molecular weight is 560 g/mol. The van der Waals surface area contributed by atoms with Gasteiger partial charge in [0.2, 0.25) is 21.8 Å². The molecule has 0 heterocycles. The van der Waals surface area contributed by atoms with Crippen molar-refractivity contribution in [1.82, 2.24) is 10.2 Å². The van der Waals surface area contributed by atoms with Crippen molar-refractivity contribution < 1.29 is 22.4 Å². The van der Waals surface area contributed by atoms with Crippen molar-refractivity contribution in [2.45, 2.75) is 38.9 Å². The number of nitrogens with one attached hydrogen (secondary N) is 1. The highest BCUT2D eigenvalue weighted by atomic mass is 35.5. The lowest BCUT2D eigenvalue weighted by Gasteiger charge is -2.34. The SMILES string of the molecule is CC(C)NC(=O)C(Cc1ccccc1)N(Cc1ccc(F)cc1)C(=O)CN(c1cccc(Cl)c1)S(C)(=O)=O. The number of carbonyl (C=O) groups excluding carboxylic acids is 2. The molecule has 3 aromatic rings. The van der Waals surface area contributed by atoms with Gasteiger partial charge in [0.15, 0.2) is 0 Å². The van der Waals surface area contributed by atoms with E-state index in [0.717, 1.165) is 16.1 Å². The lowest BCUT2D eigenvalue weighted by Crippen LogP contribution is -2.54. The van der Waals surface area contributed by atoms with Crippen LogP contribution < -0.4 is 9.62 Å². The molecule has 0 saturated carbocycles. The van der Waals surface area contributed by atoms with Crippen molar-refractivity contribution in [2.75, 3.05) is 17.1 Å². The Hall–Kier alpha value is -3.43. The molecule has 0 spiro atoms. The van der Waals surface area contributed by atoms with Crippen LogP contribution >= 0.6 is 11.6 Å². The first-order chi connectivity index (χ1) is 17.9. The van der Waals surface area contributed by atoms with Crippen molar-refractivity contribution in [1.29, 1.82) is 0 Å². The molecule has 7 nitrogen and oxygen atoms in total. The maximum atomic E-state index is 13.9. The summed E-state index contributed by atoms with van der Waals surface area (Å²) in [5.41, 5.74) is 1.63. The summed E-state index contributed by atoms with van der Waals surface area (Å²) in [5.74, 6) is -1.42. The summed E-state index contributed by atoms with van der Waals surface area (Å²) >= 11 is 6.09. The van der Waals surface area contributed by atoms with Crippen LogP contribution in [0, 0.1) is 5.82 Å². The van der Waals surface area contributed by atoms with E-state index in [4.69, 9.17) is 11.6 Å². The van der Waals surface area contributed by atoms with Gasteiger partial charge >= 0.3 is 0 Å². The third-order valence-corrected chi connectivity index (χ3v) is 7.12. The lowest BCUT2D eigenvalue weighted by molar-refractivity contribution is -0.140. The second kappa shape index (κ2) is 12.9. The van der Waals surface area contributed by atoms with E-state index in [0.29, 0.717) is 10.6 Å². The molecule has 1 atom stereocenters. The Morgan fingerprint density at radius 3 is 2.18 bits per heavy atom. The molecule has 0 aliphatic carbocycles. The second-order valence-electron chi connectivity index (χ2n) is 9.27. The fourth-order valence-electron chi connectivity index (χ4n) is 3.97. The van der Waals surface area contributed by atoms with Crippen LogP contribution in [0.4, 0.5) is 10.1 Å². The highest BCUT2D eigenvalue weighted by Crippen LogP contribution is 2.23. The Morgan fingerprint density at radius 1 is 0.947 bits per heavy atom. The monoisotopic (exact) mass is 559 g/mol. The van der Waals surface area contributed by atoms with Crippen LogP contribution in [0.3, 0.4) is 0 Å². The van der Waals surface area contributed by atoms with Crippen LogP contribution in [0.5, 0.6) is 0 Å². The number of benzene rings is 3. The Kier molecular flexibility index (Phi) is 9.88. The molecule has 0 bridgehead atoms. The van der Waals surface area contributed by atoms with Gasteiger partial charge in [-0.15, -0.1) is 0 Å². The summed E-state index contributed by atoms with van der Waals surface area (Å²) in [5, 5.41) is 3.18. The topological polar surface area (TPSA) is 86.8 Å². The summed E-state index contributed by atoms with van der Waals surface area (Å²) in [4.78, 5) is 28.7. The molecule has 10 heteroatoms. The van der Waals surface area contributed by atoms with Gasteiger partial charge in [0.25, 0.3) is 0 Å². The van der Waals surface area contributed by atoms with E-state index in [9.17, 15) is 22.4 Å². The minimum absolute atomic E-state index is 0.0325. The molecule has 0 fully saturated rings. The Morgan fingerprint density at radius 2 is 1.61 bits per heavy atom. The van der Waals surface area contributed by atoms with Crippen LogP contribution in [0.25, 0.3) is 0 Å². The summed E-state index contributed by atoms with van der Waals surface area (Å²) in [6.07, 6.45) is 1.20. The third-order valence-electron chi connectivity index (χ3n) is 5.74. The molecule has 3 aromatic carbocycles. The van der Waals surface area contributed by atoms with Gasteiger partial charge in [-0.25, -0.2) is 12.8 Å².